The maximum Gasteiger partial charge on any atom is 0.191 e. The first kappa shape index (κ1) is 24.2. The van der Waals surface area contributed by atoms with Crippen molar-refractivity contribution < 1.29 is 4.74 Å². The van der Waals surface area contributed by atoms with Crippen LogP contribution in [0.4, 0.5) is 0 Å². The molecule has 0 amide bonds. The Hall–Kier alpha value is -0.860. The van der Waals surface area contributed by atoms with Crippen molar-refractivity contribution in [3.63, 3.8) is 0 Å². The van der Waals surface area contributed by atoms with E-state index in [0.717, 1.165) is 51.5 Å². The van der Waals surface area contributed by atoms with E-state index >= 15 is 0 Å². The van der Waals surface area contributed by atoms with Gasteiger partial charge in [0.15, 0.2) is 5.96 Å². The van der Waals surface area contributed by atoms with Crippen LogP contribution in [0.5, 0.6) is 0 Å². The van der Waals surface area contributed by atoms with Crippen LogP contribution in [0.2, 0.25) is 0 Å². The second-order valence-electron chi connectivity index (χ2n) is 7.44. The maximum atomic E-state index is 5.58. The Balaban J connectivity index is 0.00000364. The number of hydrogen-bond donors (Lipinski definition) is 2. The fraction of sp³-hybridized carbons (Fsp3) is 0.667. The number of halogens is 1. The lowest BCUT2D eigenvalue weighted by Crippen LogP contribution is -2.51. The minimum Gasteiger partial charge on any atom is -0.379 e. The first-order valence-electron chi connectivity index (χ1n) is 9.95. The van der Waals surface area contributed by atoms with E-state index in [-0.39, 0.29) is 24.0 Å². The highest BCUT2D eigenvalue weighted by molar-refractivity contribution is 14.0. The van der Waals surface area contributed by atoms with Gasteiger partial charge in [-0.05, 0) is 45.6 Å². The summed E-state index contributed by atoms with van der Waals surface area (Å²) in [6.45, 7) is 10.3. The van der Waals surface area contributed by atoms with Crippen LogP contribution >= 0.6 is 24.0 Å². The molecule has 27 heavy (non-hydrogen) atoms. The molecule has 6 heteroatoms. The van der Waals surface area contributed by atoms with Gasteiger partial charge in [-0.2, -0.15) is 0 Å². The van der Waals surface area contributed by atoms with E-state index in [1.54, 1.807) is 0 Å². The average Bonchev–Trinajstić information content (AvgIpc) is 2.63. The molecule has 1 saturated heterocycles. The number of nitrogens with zero attached hydrogens (tertiary/aromatic N) is 2. The Kier molecular flexibility index (Phi) is 11.9. The summed E-state index contributed by atoms with van der Waals surface area (Å²) in [6.07, 6.45) is 3.58. The summed E-state index contributed by atoms with van der Waals surface area (Å²) in [7, 11) is 1.84. The topological polar surface area (TPSA) is 48.9 Å². The highest BCUT2D eigenvalue weighted by Gasteiger charge is 2.25. The molecule has 1 aliphatic rings. The van der Waals surface area contributed by atoms with Crippen molar-refractivity contribution in [2.75, 3.05) is 26.7 Å². The van der Waals surface area contributed by atoms with Gasteiger partial charge in [-0.25, -0.2) is 0 Å². The molecule has 5 nitrogen and oxygen atoms in total. The summed E-state index contributed by atoms with van der Waals surface area (Å²) in [6, 6.07) is 11.8. The van der Waals surface area contributed by atoms with Crippen LogP contribution in [0.3, 0.4) is 0 Å². The Morgan fingerprint density at radius 2 is 2.04 bits per heavy atom. The van der Waals surface area contributed by atoms with E-state index in [1.165, 1.54) is 5.56 Å². The predicted octanol–water partition coefficient (Wildman–Crippen LogP) is 3.64. The lowest BCUT2D eigenvalue weighted by Gasteiger charge is -2.38. The van der Waals surface area contributed by atoms with Gasteiger partial charge in [-0.15, -0.1) is 24.0 Å². The molecular weight excluding hydrogens is 451 g/mol. The van der Waals surface area contributed by atoms with Crippen LogP contribution < -0.4 is 10.6 Å². The largest absolute Gasteiger partial charge is 0.379 e. The van der Waals surface area contributed by atoms with Crippen LogP contribution in [0.25, 0.3) is 0 Å². The second-order valence-corrected chi connectivity index (χ2v) is 7.44. The normalized spacial score (nSPS) is 21.0. The van der Waals surface area contributed by atoms with Crippen molar-refractivity contribution >= 4 is 29.9 Å². The Bertz CT molecular complexity index is 538. The number of nitrogens with one attached hydrogen (secondary N) is 2. The monoisotopic (exact) mass is 488 g/mol. The van der Waals surface area contributed by atoms with E-state index < -0.39 is 0 Å². The molecule has 154 valence electrons. The number of benzene rings is 1. The second kappa shape index (κ2) is 13.3. The molecule has 2 rings (SSSR count). The molecule has 1 aromatic carbocycles. The number of likely N-dealkylation sites (tertiary alicyclic amines) is 1. The summed E-state index contributed by atoms with van der Waals surface area (Å²) in [5.74, 6) is 0.906. The number of rotatable bonds is 8. The molecule has 1 fully saturated rings. The first-order valence-corrected chi connectivity index (χ1v) is 9.95. The van der Waals surface area contributed by atoms with E-state index in [9.17, 15) is 0 Å². The third kappa shape index (κ3) is 9.25. The summed E-state index contributed by atoms with van der Waals surface area (Å²) < 4.78 is 5.58. The lowest BCUT2D eigenvalue weighted by molar-refractivity contribution is 0.0776. The summed E-state index contributed by atoms with van der Waals surface area (Å²) in [4.78, 5) is 6.94. The van der Waals surface area contributed by atoms with Crippen molar-refractivity contribution in [3.8, 4) is 0 Å². The highest BCUT2D eigenvalue weighted by atomic mass is 127. The van der Waals surface area contributed by atoms with Crippen molar-refractivity contribution in [2.45, 2.75) is 64.8 Å². The number of ether oxygens (including phenoxy) is 1. The third-order valence-electron chi connectivity index (χ3n) is 4.87. The van der Waals surface area contributed by atoms with Gasteiger partial charge in [0.2, 0.25) is 0 Å². The minimum atomic E-state index is 0. The number of aliphatic imine (C=N–C) groups is 1. The standard InChI is InChI=1S/C21H36N4O.HI/c1-17(2)26-14-8-12-23-21(22-4)24-20-11-13-25(18(3)15-20)16-19-9-6-5-7-10-19;/h5-7,9-10,17-18,20H,8,11-16H2,1-4H3,(H2,22,23,24);1H. The van der Waals surface area contributed by atoms with Crippen LogP contribution in [0.15, 0.2) is 35.3 Å². The predicted molar refractivity (Wildman–Crippen MR) is 125 cm³/mol. The lowest BCUT2D eigenvalue weighted by atomic mass is 9.97. The molecule has 0 radical (unpaired) electrons. The van der Waals surface area contributed by atoms with Gasteiger partial charge in [0, 0.05) is 45.4 Å². The molecule has 0 saturated carbocycles. The molecule has 2 N–H and O–H groups in total. The van der Waals surface area contributed by atoms with Crippen molar-refractivity contribution in [1.29, 1.82) is 0 Å². The fourth-order valence-electron chi connectivity index (χ4n) is 3.39. The zero-order valence-electron chi connectivity index (χ0n) is 17.3. The van der Waals surface area contributed by atoms with Crippen LogP contribution in [0.1, 0.15) is 45.6 Å². The molecule has 0 spiro atoms. The molecule has 0 bridgehead atoms. The van der Waals surface area contributed by atoms with Gasteiger partial charge in [0.25, 0.3) is 0 Å². The van der Waals surface area contributed by atoms with Crippen molar-refractivity contribution in [1.82, 2.24) is 15.5 Å². The van der Waals surface area contributed by atoms with Gasteiger partial charge >= 0.3 is 0 Å². The SMILES string of the molecule is CN=C(NCCCOC(C)C)NC1CCN(Cc2ccccc2)C(C)C1.I. The zero-order chi connectivity index (χ0) is 18.8. The maximum absolute atomic E-state index is 5.58. The van der Waals surface area contributed by atoms with Gasteiger partial charge < -0.3 is 15.4 Å². The zero-order valence-corrected chi connectivity index (χ0v) is 19.6. The minimum absolute atomic E-state index is 0. The van der Waals surface area contributed by atoms with Crippen LogP contribution in [-0.2, 0) is 11.3 Å². The molecule has 1 aliphatic heterocycles. The third-order valence-corrected chi connectivity index (χ3v) is 4.87. The highest BCUT2D eigenvalue weighted by Crippen LogP contribution is 2.19. The fourth-order valence-corrected chi connectivity index (χ4v) is 3.39. The number of hydrogen-bond acceptors (Lipinski definition) is 3. The van der Waals surface area contributed by atoms with Gasteiger partial charge in [0.1, 0.15) is 0 Å². The molecule has 0 aromatic heterocycles. The van der Waals surface area contributed by atoms with E-state index in [1.807, 2.05) is 7.05 Å². The molecule has 1 aromatic rings. The van der Waals surface area contributed by atoms with Gasteiger partial charge in [-0.3, -0.25) is 9.89 Å². The average molecular weight is 488 g/mol. The van der Waals surface area contributed by atoms with E-state index in [4.69, 9.17) is 4.74 Å². The molecule has 2 unspecified atom stereocenters. The molecule has 0 aliphatic carbocycles. The number of piperidine rings is 1. The number of guanidine groups is 1. The molecular formula is C21H37IN4O. The van der Waals surface area contributed by atoms with Crippen LogP contribution in [-0.4, -0.2) is 55.8 Å². The first-order chi connectivity index (χ1) is 12.6. The molecule has 1 heterocycles. The van der Waals surface area contributed by atoms with Gasteiger partial charge in [-0.1, -0.05) is 30.3 Å². The smallest absolute Gasteiger partial charge is 0.191 e. The van der Waals surface area contributed by atoms with Crippen LogP contribution in [0, 0.1) is 0 Å². The quantitative estimate of drug-likeness (QED) is 0.254. The summed E-state index contributed by atoms with van der Waals surface area (Å²) in [5, 5.41) is 6.99. The van der Waals surface area contributed by atoms with E-state index in [0.29, 0.717) is 18.2 Å². The summed E-state index contributed by atoms with van der Waals surface area (Å²) in [5.41, 5.74) is 1.40. The van der Waals surface area contributed by atoms with E-state index in [2.05, 4.69) is 71.6 Å². The van der Waals surface area contributed by atoms with Crippen molar-refractivity contribution in [3.05, 3.63) is 35.9 Å². The van der Waals surface area contributed by atoms with Gasteiger partial charge in [0.05, 0.1) is 6.10 Å². The molecule has 2 atom stereocenters. The Morgan fingerprint density at radius 3 is 2.67 bits per heavy atom. The van der Waals surface area contributed by atoms with Crippen molar-refractivity contribution in [2.24, 2.45) is 4.99 Å². The Labute approximate surface area is 182 Å². The Morgan fingerprint density at radius 1 is 1.30 bits per heavy atom. The summed E-state index contributed by atoms with van der Waals surface area (Å²) >= 11 is 0.